The van der Waals surface area contributed by atoms with Crippen LogP contribution in [0.15, 0.2) is 12.2 Å². The fourth-order valence-electron chi connectivity index (χ4n) is 4.40. The molecule has 0 heterocycles. The molecule has 0 bridgehead atoms. The number of fused-ring (bicyclic) bond motifs is 2. The molecule has 3 aliphatic carbocycles. The quantitative estimate of drug-likeness (QED) is 0.762. The molecule has 20 heavy (non-hydrogen) atoms. The van der Waals surface area contributed by atoms with Gasteiger partial charge in [-0.1, -0.05) is 12.2 Å². The highest BCUT2D eigenvalue weighted by atomic mass is 16.4. The van der Waals surface area contributed by atoms with Crippen molar-refractivity contribution in [3.8, 4) is 0 Å². The van der Waals surface area contributed by atoms with Crippen molar-refractivity contribution in [2.75, 3.05) is 0 Å². The van der Waals surface area contributed by atoms with E-state index in [4.69, 9.17) is 0 Å². The van der Waals surface area contributed by atoms with E-state index in [2.05, 4.69) is 12.2 Å². The highest BCUT2D eigenvalue weighted by molar-refractivity contribution is 5.75. The van der Waals surface area contributed by atoms with Gasteiger partial charge >= 0.3 is 11.9 Å². The summed E-state index contributed by atoms with van der Waals surface area (Å²) in [7, 11) is 0. The van der Waals surface area contributed by atoms with Crippen molar-refractivity contribution in [1.82, 2.24) is 0 Å². The SMILES string of the molecule is O=C(O)[C@@H]1[C@H]2CC/C=C/CC[C@H]3[C@@H](CC[C@@H]21)[C@H]3C(=O)O. The smallest absolute Gasteiger partial charge is 0.307 e. The average Bonchev–Trinajstić information content (AvgIpc) is 3.22. The summed E-state index contributed by atoms with van der Waals surface area (Å²) in [5, 5.41) is 18.4. The zero-order chi connectivity index (χ0) is 14.3. The van der Waals surface area contributed by atoms with Gasteiger partial charge in [0.25, 0.3) is 0 Å². The standard InChI is InChI=1S/C16H22O4/c17-15(18)13-9-5-3-1-2-4-6-10-12(8-7-11(9)13)14(10)16(19)20/h1-2,9-14H,3-8H2,(H,17,18)(H,19,20)/b2-1+/t9-,10-,11-,12+,13+,14-/m0/s1. The van der Waals surface area contributed by atoms with E-state index >= 15 is 0 Å². The molecule has 0 spiro atoms. The van der Waals surface area contributed by atoms with Crippen molar-refractivity contribution in [2.45, 2.75) is 38.5 Å². The van der Waals surface area contributed by atoms with Gasteiger partial charge < -0.3 is 10.2 Å². The van der Waals surface area contributed by atoms with Crippen molar-refractivity contribution in [3.63, 3.8) is 0 Å². The van der Waals surface area contributed by atoms with Crippen LogP contribution in [0.4, 0.5) is 0 Å². The van der Waals surface area contributed by atoms with Gasteiger partial charge in [0.15, 0.2) is 0 Å². The maximum absolute atomic E-state index is 11.2. The van der Waals surface area contributed by atoms with Gasteiger partial charge in [0, 0.05) is 0 Å². The monoisotopic (exact) mass is 278 g/mol. The van der Waals surface area contributed by atoms with Crippen molar-refractivity contribution in [1.29, 1.82) is 0 Å². The highest BCUT2D eigenvalue weighted by Gasteiger charge is 2.57. The first kappa shape index (κ1) is 13.7. The molecule has 2 fully saturated rings. The van der Waals surface area contributed by atoms with Gasteiger partial charge in [-0.2, -0.15) is 0 Å². The molecule has 0 saturated heterocycles. The van der Waals surface area contributed by atoms with E-state index in [0.29, 0.717) is 11.8 Å². The predicted octanol–water partition coefficient (Wildman–Crippen LogP) is 2.79. The van der Waals surface area contributed by atoms with Crippen molar-refractivity contribution >= 4 is 11.9 Å². The zero-order valence-corrected chi connectivity index (χ0v) is 11.6. The lowest BCUT2D eigenvalue weighted by Crippen LogP contribution is -2.02. The van der Waals surface area contributed by atoms with Crippen LogP contribution in [-0.4, -0.2) is 22.2 Å². The summed E-state index contributed by atoms with van der Waals surface area (Å²) >= 11 is 0. The summed E-state index contributed by atoms with van der Waals surface area (Å²) in [5.41, 5.74) is 0. The van der Waals surface area contributed by atoms with Gasteiger partial charge in [-0.05, 0) is 62.2 Å². The summed E-state index contributed by atoms with van der Waals surface area (Å²) in [5.74, 6) is -0.475. The largest absolute Gasteiger partial charge is 0.481 e. The molecule has 4 heteroatoms. The Morgan fingerprint density at radius 2 is 1.05 bits per heavy atom. The summed E-state index contributed by atoms with van der Waals surface area (Å²) < 4.78 is 0. The lowest BCUT2D eigenvalue weighted by molar-refractivity contribution is -0.140. The third-order valence-corrected chi connectivity index (χ3v) is 5.57. The topological polar surface area (TPSA) is 74.6 Å². The highest BCUT2D eigenvalue weighted by Crippen LogP contribution is 2.57. The lowest BCUT2D eigenvalue weighted by Gasteiger charge is -2.01. The lowest BCUT2D eigenvalue weighted by atomic mass is 10.0. The Morgan fingerprint density at radius 1 is 0.700 bits per heavy atom. The molecule has 3 rings (SSSR count). The number of hydrogen-bond acceptors (Lipinski definition) is 2. The summed E-state index contributed by atoms with van der Waals surface area (Å²) in [4.78, 5) is 22.4. The molecule has 3 aliphatic rings. The molecular weight excluding hydrogens is 256 g/mol. The van der Waals surface area contributed by atoms with Crippen LogP contribution in [0.25, 0.3) is 0 Å². The second kappa shape index (κ2) is 5.23. The zero-order valence-electron chi connectivity index (χ0n) is 11.6. The van der Waals surface area contributed by atoms with Crippen LogP contribution in [0.1, 0.15) is 38.5 Å². The normalized spacial score (nSPS) is 45.0. The summed E-state index contributed by atoms with van der Waals surface area (Å²) in [6.07, 6.45) is 9.94. The van der Waals surface area contributed by atoms with Gasteiger partial charge in [0.2, 0.25) is 0 Å². The van der Waals surface area contributed by atoms with Crippen LogP contribution in [-0.2, 0) is 9.59 Å². The van der Waals surface area contributed by atoms with Crippen LogP contribution >= 0.6 is 0 Å². The first-order valence-corrected chi connectivity index (χ1v) is 7.72. The molecule has 0 amide bonds. The van der Waals surface area contributed by atoms with Gasteiger partial charge in [-0.3, -0.25) is 9.59 Å². The van der Waals surface area contributed by atoms with Crippen LogP contribution in [0, 0.1) is 35.5 Å². The van der Waals surface area contributed by atoms with E-state index in [1.54, 1.807) is 0 Å². The number of carbonyl (C=O) groups is 2. The third-order valence-electron chi connectivity index (χ3n) is 5.57. The second-order valence-electron chi connectivity index (χ2n) is 6.59. The van der Waals surface area contributed by atoms with E-state index < -0.39 is 11.9 Å². The van der Waals surface area contributed by atoms with E-state index in [0.717, 1.165) is 38.5 Å². The summed E-state index contributed by atoms with van der Waals surface area (Å²) in [6.45, 7) is 0. The molecule has 0 aromatic rings. The first-order chi connectivity index (χ1) is 9.61. The molecule has 0 aromatic carbocycles. The molecule has 2 saturated carbocycles. The summed E-state index contributed by atoms with van der Waals surface area (Å²) in [6, 6.07) is 0. The Balaban J connectivity index is 1.65. The second-order valence-corrected chi connectivity index (χ2v) is 6.59. The third kappa shape index (κ3) is 2.48. The number of hydrogen-bond donors (Lipinski definition) is 2. The minimum Gasteiger partial charge on any atom is -0.481 e. The Hall–Kier alpha value is -1.32. The number of allylic oxidation sites excluding steroid dienone is 2. The predicted molar refractivity (Wildman–Crippen MR) is 73.1 cm³/mol. The van der Waals surface area contributed by atoms with Crippen LogP contribution < -0.4 is 0 Å². The number of carboxylic acids is 2. The fourth-order valence-corrected chi connectivity index (χ4v) is 4.40. The van der Waals surface area contributed by atoms with Gasteiger partial charge in [-0.15, -0.1) is 0 Å². The van der Waals surface area contributed by atoms with Gasteiger partial charge in [0.1, 0.15) is 0 Å². The minimum atomic E-state index is -0.666. The maximum Gasteiger partial charge on any atom is 0.307 e. The van der Waals surface area contributed by atoms with Crippen molar-refractivity contribution < 1.29 is 19.8 Å². The van der Waals surface area contributed by atoms with Gasteiger partial charge in [-0.25, -0.2) is 0 Å². The molecule has 2 N–H and O–H groups in total. The Labute approximate surface area is 118 Å². The first-order valence-electron chi connectivity index (χ1n) is 7.72. The Kier molecular flexibility index (Phi) is 3.57. The Morgan fingerprint density at radius 3 is 1.40 bits per heavy atom. The molecule has 110 valence electrons. The van der Waals surface area contributed by atoms with Crippen LogP contribution in [0.2, 0.25) is 0 Å². The Bertz CT molecular complexity index is 402. The fraction of sp³-hybridized carbons (Fsp3) is 0.750. The minimum absolute atomic E-state index is 0.176. The molecule has 0 aromatic heterocycles. The van der Waals surface area contributed by atoms with Gasteiger partial charge in [0.05, 0.1) is 11.8 Å². The van der Waals surface area contributed by atoms with Crippen molar-refractivity contribution in [2.24, 2.45) is 35.5 Å². The van der Waals surface area contributed by atoms with E-state index in [-0.39, 0.29) is 23.7 Å². The molecule has 4 nitrogen and oxygen atoms in total. The molecule has 0 unspecified atom stereocenters. The maximum atomic E-state index is 11.2. The average molecular weight is 278 g/mol. The van der Waals surface area contributed by atoms with E-state index in [1.807, 2.05) is 0 Å². The van der Waals surface area contributed by atoms with Crippen LogP contribution in [0.5, 0.6) is 0 Å². The molecule has 0 radical (unpaired) electrons. The molecular formula is C16H22O4. The van der Waals surface area contributed by atoms with E-state index in [9.17, 15) is 19.8 Å². The van der Waals surface area contributed by atoms with Crippen molar-refractivity contribution in [3.05, 3.63) is 12.2 Å². The molecule has 0 aliphatic heterocycles. The number of aliphatic carboxylic acids is 2. The van der Waals surface area contributed by atoms with E-state index in [1.165, 1.54) is 0 Å². The van der Waals surface area contributed by atoms with Crippen LogP contribution in [0.3, 0.4) is 0 Å². The molecule has 6 atom stereocenters. The number of rotatable bonds is 2. The number of carboxylic acid groups (broad SMARTS) is 2.